The number of methoxy groups -OCH3 is 2. The van der Waals surface area contributed by atoms with Crippen molar-refractivity contribution in [1.29, 1.82) is 0 Å². The molecule has 7 heteroatoms. The normalized spacial score (nSPS) is 19.2. The van der Waals surface area contributed by atoms with E-state index >= 15 is 0 Å². The molecule has 2 rings (SSSR count). The van der Waals surface area contributed by atoms with Crippen LogP contribution in [0.4, 0.5) is 0 Å². The SMILES string of the molecule is COCCOc1ccc(C(CC(=O)OC)B2OC(C)(C)C(C)(C)O2)cc1. The lowest BCUT2D eigenvalue weighted by Crippen LogP contribution is -2.41. The summed E-state index contributed by atoms with van der Waals surface area (Å²) >= 11 is 0. The highest BCUT2D eigenvalue weighted by atomic mass is 16.7. The molecule has 1 unspecified atom stereocenters. The van der Waals surface area contributed by atoms with E-state index < -0.39 is 18.3 Å². The van der Waals surface area contributed by atoms with Gasteiger partial charge in [-0.1, -0.05) is 12.1 Å². The molecule has 1 aromatic rings. The van der Waals surface area contributed by atoms with E-state index in [1.807, 2.05) is 52.0 Å². The molecule has 0 aromatic heterocycles. The van der Waals surface area contributed by atoms with Gasteiger partial charge >= 0.3 is 13.1 Å². The molecule has 26 heavy (non-hydrogen) atoms. The second-order valence-corrected chi connectivity index (χ2v) is 7.42. The standard InChI is InChI=1S/C19H29BO6/c1-18(2)19(3,4)26-20(25-18)16(13-17(21)23-6)14-7-9-15(10-8-14)24-12-11-22-5/h7-10,16H,11-13H2,1-6H3. The van der Waals surface area contributed by atoms with E-state index in [1.54, 1.807) is 7.11 Å². The molecule has 0 aliphatic carbocycles. The second-order valence-electron chi connectivity index (χ2n) is 7.42. The topological polar surface area (TPSA) is 63.2 Å². The molecule has 1 fully saturated rings. The summed E-state index contributed by atoms with van der Waals surface area (Å²) in [6.07, 6.45) is 0.178. The van der Waals surface area contributed by atoms with Crippen LogP contribution in [0.2, 0.25) is 0 Å². The van der Waals surface area contributed by atoms with Crippen LogP contribution in [0.1, 0.15) is 45.5 Å². The average molecular weight is 364 g/mol. The van der Waals surface area contributed by atoms with E-state index in [2.05, 4.69) is 0 Å². The molecule has 0 amide bonds. The Labute approximate surface area is 156 Å². The highest BCUT2D eigenvalue weighted by molar-refractivity contribution is 6.48. The van der Waals surface area contributed by atoms with Crippen LogP contribution < -0.4 is 4.74 Å². The number of ether oxygens (including phenoxy) is 3. The van der Waals surface area contributed by atoms with E-state index in [0.29, 0.717) is 13.2 Å². The molecule has 1 aliphatic heterocycles. The Morgan fingerprint density at radius 1 is 1.04 bits per heavy atom. The smallest absolute Gasteiger partial charge is 0.466 e. The van der Waals surface area contributed by atoms with E-state index in [-0.39, 0.29) is 18.2 Å². The fraction of sp³-hybridized carbons (Fsp3) is 0.632. The number of rotatable bonds is 8. The minimum atomic E-state index is -0.528. The van der Waals surface area contributed by atoms with E-state index in [4.69, 9.17) is 23.5 Å². The monoisotopic (exact) mass is 364 g/mol. The van der Waals surface area contributed by atoms with Crippen molar-refractivity contribution in [3.8, 4) is 5.75 Å². The van der Waals surface area contributed by atoms with Crippen molar-refractivity contribution < 1.29 is 28.3 Å². The van der Waals surface area contributed by atoms with Gasteiger partial charge in [0, 0.05) is 12.9 Å². The van der Waals surface area contributed by atoms with Gasteiger partial charge in [-0.15, -0.1) is 0 Å². The zero-order chi connectivity index (χ0) is 19.4. The molecule has 1 atom stereocenters. The van der Waals surface area contributed by atoms with Crippen molar-refractivity contribution >= 4 is 13.1 Å². The third-order valence-electron chi connectivity index (χ3n) is 5.08. The van der Waals surface area contributed by atoms with Gasteiger partial charge in [0.25, 0.3) is 0 Å². The molecule has 0 spiro atoms. The first-order chi connectivity index (χ1) is 12.2. The molecule has 1 aliphatic rings. The molecule has 1 heterocycles. The fourth-order valence-corrected chi connectivity index (χ4v) is 2.74. The number of hydrogen-bond donors (Lipinski definition) is 0. The lowest BCUT2D eigenvalue weighted by atomic mass is 9.66. The van der Waals surface area contributed by atoms with Gasteiger partial charge in [-0.3, -0.25) is 4.79 Å². The minimum Gasteiger partial charge on any atom is -0.491 e. The molecule has 0 saturated carbocycles. The summed E-state index contributed by atoms with van der Waals surface area (Å²) < 4.78 is 27.8. The molecule has 6 nitrogen and oxygen atoms in total. The maximum Gasteiger partial charge on any atom is 0.466 e. The molecule has 1 aromatic carbocycles. The van der Waals surface area contributed by atoms with Gasteiger partial charge in [0.2, 0.25) is 0 Å². The van der Waals surface area contributed by atoms with Crippen LogP contribution >= 0.6 is 0 Å². The zero-order valence-corrected chi connectivity index (χ0v) is 16.5. The van der Waals surface area contributed by atoms with Gasteiger partial charge in [0.15, 0.2) is 0 Å². The quantitative estimate of drug-likeness (QED) is 0.402. The van der Waals surface area contributed by atoms with Gasteiger partial charge in [-0.05, 0) is 45.4 Å². The maximum atomic E-state index is 11.9. The lowest BCUT2D eigenvalue weighted by molar-refractivity contribution is -0.140. The van der Waals surface area contributed by atoms with Gasteiger partial charge < -0.3 is 23.5 Å². The predicted molar refractivity (Wildman–Crippen MR) is 99.3 cm³/mol. The van der Waals surface area contributed by atoms with Crippen LogP contribution in [0.3, 0.4) is 0 Å². The Balaban J connectivity index is 2.19. The molecular formula is C19H29BO6. The number of carbonyl (C=O) groups is 1. The van der Waals surface area contributed by atoms with Crippen molar-refractivity contribution in [2.45, 2.75) is 51.1 Å². The summed E-state index contributed by atoms with van der Waals surface area (Å²) in [5.41, 5.74) is 0.0118. The number of benzene rings is 1. The molecule has 0 radical (unpaired) electrons. The molecule has 0 N–H and O–H groups in total. The number of esters is 1. The summed E-state index contributed by atoms with van der Waals surface area (Å²) in [6, 6.07) is 7.61. The Kier molecular flexibility index (Phi) is 6.72. The summed E-state index contributed by atoms with van der Waals surface area (Å²) in [7, 11) is 2.49. The Bertz CT molecular complexity index is 583. The van der Waals surface area contributed by atoms with E-state index in [0.717, 1.165) is 11.3 Å². The van der Waals surface area contributed by atoms with Crippen LogP contribution in [-0.2, 0) is 23.6 Å². The first-order valence-electron chi connectivity index (χ1n) is 8.84. The first kappa shape index (κ1) is 20.7. The molecule has 0 bridgehead atoms. The lowest BCUT2D eigenvalue weighted by Gasteiger charge is -2.32. The summed E-state index contributed by atoms with van der Waals surface area (Å²) in [5.74, 6) is 0.179. The Hall–Kier alpha value is -1.57. The summed E-state index contributed by atoms with van der Waals surface area (Å²) in [6.45, 7) is 8.99. The van der Waals surface area contributed by atoms with Crippen LogP contribution in [0.5, 0.6) is 5.75 Å². The van der Waals surface area contributed by atoms with Crippen molar-refractivity contribution in [3.05, 3.63) is 29.8 Å². The maximum absolute atomic E-state index is 11.9. The van der Waals surface area contributed by atoms with Crippen LogP contribution in [0.15, 0.2) is 24.3 Å². The second kappa shape index (κ2) is 8.42. The number of hydrogen-bond acceptors (Lipinski definition) is 6. The first-order valence-corrected chi connectivity index (χ1v) is 8.84. The fourth-order valence-electron chi connectivity index (χ4n) is 2.74. The van der Waals surface area contributed by atoms with Crippen LogP contribution in [0.25, 0.3) is 0 Å². The third-order valence-corrected chi connectivity index (χ3v) is 5.08. The van der Waals surface area contributed by atoms with Gasteiger partial charge in [0.1, 0.15) is 12.4 Å². The Morgan fingerprint density at radius 2 is 1.62 bits per heavy atom. The van der Waals surface area contributed by atoms with Crippen molar-refractivity contribution in [2.75, 3.05) is 27.4 Å². The minimum absolute atomic E-state index is 0.178. The van der Waals surface area contributed by atoms with Gasteiger partial charge in [-0.2, -0.15) is 0 Å². The Morgan fingerprint density at radius 3 is 2.12 bits per heavy atom. The summed E-state index contributed by atoms with van der Waals surface area (Å²) in [4.78, 5) is 11.9. The average Bonchev–Trinajstić information content (AvgIpc) is 2.81. The largest absolute Gasteiger partial charge is 0.491 e. The molecule has 1 saturated heterocycles. The highest BCUT2D eigenvalue weighted by Gasteiger charge is 2.54. The van der Waals surface area contributed by atoms with Crippen LogP contribution in [0, 0.1) is 0 Å². The van der Waals surface area contributed by atoms with Gasteiger partial charge in [0.05, 0.1) is 31.3 Å². The summed E-state index contributed by atoms with van der Waals surface area (Å²) in [5, 5.41) is 0. The van der Waals surface area contributed by atoms with E-state index in [9.17, 15) is 4.79 Å². The predicted octanol–water partition coefficient (Wildman–Crippen LogP) is 2.99. The van der Waals surface area contributed by atoms with Crippen molar-refractivity contribution in [2.24, 2.45) is 0 Å². The van der Waals surface area contributed by atoms with Gasteiger partial charge in [-0.25, -0.2) is 0 Å². The number of carbonyl (C=O) groups excluding carboxylic acids is 1. The molecular weight excluding hydrogens is 335 g/mol. The zero-order valence-electron chi connectivity index (χ0n) is 16.5. The molecule has 144 valence electrons. The third kappa shape index (κ3) is 4.78. The van der Waals surface area contributed by atoms with Crippen LogP contribution in [-0.4, -0.2) is 51.7 Å². The van der Waals surface area contributed by atoms with Crippen molar-refractivity contribution in [1.82, 2.24) is 0 Å². The van der Waals surface area contributed by atoms with Crippen molar-refractivity contribution in [3.63, 3.8) is 0 Å². The highest BCUT2D eigenvalue weighted by Crippen LogP contribution is 2.42. The van der Waals surface area contributed by atoms with E-state index in [1.165, 1.54) is 7.11 Å².